The molecule has 4 rings (SSSR count). The van der Waals surface area contributed by atoms with Crippen LogP contribution in [-0.2, 0) is 11.3 Å². The molecule has 2 aliphatic heterocycles. The fraction of sp³-hybridized carbons (Fsp3) is 0.238. The Morgan fingerprint density at radius 3 is 2.41 bits per heavy atom. The van der Waals surface area contributed by atoms with E-state index in [4.69, 9.17) is 0 Å². The lowest BCUT2D eigenvalue weighted by atomic mass is 10.2. The van der Waals surface area contributed by atoms with Crippen LogP contribution in [0.4, 0.5) is 0 Å². The van der Waals surface area contributed by atoms with Crippen molar-refractivity contribution >= 4 is 28.9 Å². The standard InChI is InChI=1S/C21H21N3O2S/c25-18-8-6-16(7-9-18)14-19-20(26)22-21(27-19)24-12-10-23(11-13-24)15-17-4-2-1-3-5-17/h1-9,14,25H,10-13,15H2/b19-14+. The molecule has 0 saturated carbocycles. The average Bonchev–Trinajstić information content (AvgIpc) is 3.05. The lowest BCUT2D eigenvalue weighted by Crippen LogP contribution is -2.47. The predicted octanol–water partition coefficient (Wildman–Crippen LogP) is 3.18. The van der Waals surface area contributed by atoms with Crippen LogP contribution in [0.3, 0.4) is 0 Å². The second kappa shape index (κ2) is 7.98. The highest BCUT2D eigenvalue weighted by Gasteiger charge is 2.28. The third kappa shape index (κ3) is 4.40. The summed E-state index contributed by atoms with van der Waals surface area (Å²) >= 11 is 1.44. The summed E-state index contributed by atoms with van der Waals surface area (Å²) in [6.45, 7) is 4.62. The van der Waals surface area contributed by atoms with Gasteiger partial charge in [-0.2, -0.15) is 4.99 Å². The van der Waals surface area contributed by atoms with Crippen LogP contribution in [0.25, 0.3) is 6.08 Å². The van der Waals surface area contributed by atoms with Gasteiger partial charge < -0.3 is 10.0 Å². The van der Waals surface area contributed by atoms with E-state index in [2.05, 4.69) is 39.1 Å². The van der Waals surface area contributed by atoms with Gasteiger partial charge in [-0.05, 0) is 41.1 Å². The number of thioether (sulfide) groups is 1. The number of nitrogens with zero attached hydrogens (tertiary/aromatic N) is 3. The van der Waals surface area contributed by atoms with Crippen LogP contribution in [0.1, 0.15) is 11.1 Å². The summed E-state index contributed by atoms with van der Waals surface area (Å²) in [4.78, 5) is 21.7. The molecule has 2 heterocycles. The van der Waals surface area contributed by atoms with Crippen molar-refractivity contribution < 1.29 is 9.90 Å². The minimum Gasteiger partial charge on any atom is -0.508 e. The number of hydrogen-bond acceptors (Lipinski definition) is 5. The first-order valence-corrected chi connectivity index (χ1v) is 9.82. The lowest BCUT2D eigenvalue weighted by molar-refractivity contribution is -0.113. The van der Waals surface area contributed by atoms with Crippen molar-refractivity contribution in [1.29, 1.82) is 0 Å². The Kier molecular flexibility index (Phi) is 5.27. The molecule has 2 aliphatic rings. The molecule has 0 aromatic heterocycles. The summed E-state index contributed by atoms with van der Waals surface area (Å²) in [5, 5.41) is 10.2. The Bertz CT molecular complexity index is 870. The first-order chi connectivity index (χ1) is 13.2. The highest BCUT2D eigenvalue weighted by molar-refractivity contribution is 8.18. The second-order valence-electron chi connectivity index (χ2n) is 6.65. The maximum atomic E-state index is 12.2. The molecular formula is C21H21N3O2S. The Morgan fingerprint density at radius 1 is 1.00 bits per heavy atom. The SMILES string of the molecule is O=C1N=C(N2CCN(Cc3ccccc3)CC2)S/C1=C/c1ccc(O)cc1. The summed E-state index contributed by atoms with van der Waals surface area (Å²) in [5.41, 5.74) is 2.21. The van der Waals surface area contributed by atoms with Crippen LogP contribution >= 0.6 is 11.8 Å². The molecule has 0 atom stereocenters. The number of amidine groups is 1. The molecule has 2 aromatic carbocycles. The molecule has 5 nitrogen and oxygen atoms in total. The van der Waals surface area contributed by atoms with Crippen LogP contribution < -0.4 is 0 Å². The molecule has 0 spiro atoms. The van der Waals surface area contributed by atoms with Gasteiger partial charge >= 0.3 is 0 Å². The molecule has 138 valence electrons. The number of carbonyl (C=O) groups is 1. The molecule has 1 saturated heterocycles. The number of benzene rings is 2. The quantitative estimate of drug-likeness (QED) is 0.830. The monoisotopic (exact) mass is 379 g/mol. The molecule has 6 heteroatoms. The lowest BCUT2D eigenvalue weighted by Gasteiger charge is -2.35. The van der Waals surface area contributed by atoms with E-state index in [1.54, 1.807) is 24.3 Å². The van der Waals surface area contributed by atoms with Gasteiger partial charge in [-0.15, -0.1) is 0 Å². The minimum absolute atomic E-state index is 0.185. The average molecular weight is 379 g/mol. The van der Waals surface area contributed by atoms with Gasteiger partial charge in [0.1, 0.15) is 5.75 Å². The number of piperazine rings is 1. The molecule has 1 amide bonds. The van der Waals surface area contributed by atoms with Gasteiger partial charge in [0.05, 0.1) is 4.91 Å². The van der Waals surface area contributed by atoms with E-state index < -0.39 is 0 Å². The minimum atomic E-state index is -0.185. The van der Waals surface area contributed by atoms with Crippen molar-refractivity contribution in [1.82, 2.24) is 9.80 Å². The number of rotatable bonds is 3. The topological polar surface area (TPSA) is 56.1 Å². The van der Waals surface area contributed by atoms with E-state index in [9.17, 15) is 9.90 Å². The van der Waals surface area contributed by atoms with E-state index in [-0.39, 0.29) is 11.7 Å². The molecule has 1 N–H and O–H groups in total. The van der Waals surface area contributed by atoms with Gasteiger partial charge in [0, 0.05) is 32.7 Å². The first kappa shape index (κ1) is 17.8. The first-order valence-electron chi connectivity index (χ1n) is 9.00. The van der Waals surface area contributed by atoms with E-state index in [1.807, 2.05) is 12.1 Å². The van der Waals surface area contributed by atoms with Gasteiger partial charge in [-0.3, -0.25) is 9.69 Å². The zero-order valence-corrected chi connectivity index (χ0v) is 15.7. The second-order valence-corrected chi connectivity index (χ2v) is 7.66. The van der Waals surface area contributed by atoms with E-state index in [1.165, 1.54) is 17.3 Å². The smallest absolute Gasteiger partial charge is 0.286 e. The Hall–Kier alpha value is -2.57. The maximum absolute atomic E-state index is 12.2. The molecule has 27 heavy (non-hydrogen) atoms. The van der Waals surface area contributed by atoms with E-state index in [0.717, 1.165) is 43.5 Å². The highest BCUT2D eigenvalue weighted by atomic mass is 32.2. The summed E-state index contributed by atoms with van der Waals surface area (Å²) in [6.07, 6.45) is 1.83. The number of aliphatic imine (C=N–C) groups is 1. The fourth-order valence-electron chi connectivity index (χ4n) is 3.19. The zero-order valence-electron chi connectivity index (χ0n) is 14.9. The molecule has 0 radical (unpaired) electrons. The largest absolute Gasteiger partial charge is 0.508 e. The maximum Gasteiger partial charge on any atom is 0.286 e. The van der Waals surface area contributed by atoms with Crippen molar-refractivity contribution in [2.75, 3.05) is 26.2 Å². The molecule has 2 aromatic rings. The number of amides is 1. The third-order valence-corrected chi connectivity index (χ3v) is 5.74. The van der Waals surface area contributed by atoms with Crippen LogP contribution in [0.2, 0.25) is 0 Å². The zero-order chi connectivity index (χ0) is 18.6. The number of aromatic hydroxyl groups is 1. The van der Waals surface area contributed by atoms with Crippen molar-refractivity contribution in [3.63, 3.8) is 0 Å². The van der Waals surface area contributed by atoms with Crippen molar-refractivity contribution in [3.8, 4) is 5.75 Å². The van der Waals surface area contributed by atoms with Crippen LogP contribution in [-0.4, -0.2) is 52.2 Å². The van der Waals surface area contributed by atoms with Gasteiger partial charge in [-0.1, -0.05) is 42.5 Å². The molecule has 0 bridgehead atoms. The van der Waals surface area contributed by atoms with Crippen molar-refractivity contribution in [3.05, 3.63) is 70.6 Å². The van der Waals surface area contributed by atoms with Crippen molar-refractivity contribution in [2.24, 2.45) is 4.99 Å². The van der Waals surface area contributed by atoms with Crippen LogP contribution in [0.15, 0.2) is 64.5 Å². The van der Waals surface area contributed by atoms with Gasteiger partial charge in [0.25, 0.3) is 5.91 Å². The normalized spacial score (nSPS) is 19.6. The van der Waals surface area contributed by atoms with Crippen LogP contribution in [0.5, 0.6) is 5.75 Å². The molecule has 0 aliphatic carbocycles. The predicted molar refractivity (Wildman–Crippen MR) is 109 cm³/mol. The summed E-state index contributed by atoms with van der Waals surface area (Å²) in [5.74, 6) is 0.0302. The Morgan fingerprint density at radius 2 is 1.70 bits per heavy atom. The Labute approximate surface area is 163 Å². The van der Waals surface area contributed by atoms with Crippen molar-refractivity contribution in [2.45, 2.75) is 6.54 Å². The number of phenols is 1. The molecule has 1 fully saturated rings. The van der Waals surface area contributed by atoms with Gasteiger partial charge in [0.15, 0.2) is 5.17 Å². The van der Waals surface area contributed by atoms with Gasteiger partial charge in [0.2, 0.25) is 0 Å². The highest BCUT2D eigenvalue weighted by Crippen LogP contribution is 2.31. The van der Waals surface area contributed by atoms with Gasteiger partial charge in [-0.25, -0.2) is 0 Å². The molecule has 0 unspecified atom stereocenters. The summed E-state index contributed by atoms with van der Waals surface area (Å²) < 4.78 is 0. The van der Waals surface area contributed by atoms with Crippen LogP contribution in [0, 0.1) is 0 Å². The number of phenolic OH excluding ortho intramolecular Hbond substituents is 1. The van der Waals surface area contributed by atoms with E-state index >= 15 is 0 Å². The number of hydrogen-bond donors (Lipinski definition) is 1. The third-order valence-electron chi connectivity index (χ3n) is 4.69. The summed E-state index contributed by atoms with van der Waals surface area (Å²) in [7, 11) is 0. The summed E-state index contributed by atoms with van der Waals surface area (Å²) in [6, 6.07) is 17.3. The number of carbonyl (C=O) groups excluding carboxylic acids is 1. The Balaban J connectivity index is 1.34. The fourth-order valence-corrected chi connectivity index (χ4v) is 4.16. The van der Waals surface area contributed by atoms with E-state index in [0.29, 0.717) is 4.91 Å². The molecular weight excluding hydrogens is 358 g/mol.